The Bertz CT molecular complexity index is 1030. The minimum atomic E-state index is -0.175. The average Bonchev–Trinajstić information content (AvgIpc) is 3.46. The summed E-state index contributed by atoms with van der Waals surface area (Å²) < 4.78 is 7.19. The molecule has 0 spiro atoms. The maximum atomic E-state index is 13.0. The van der Waals surface area contributed by atoms with Crippen LogP contribution in [0.2, 0.25) is 0 Å². The summed E-state index contributed by atoms with van der Waals surface area (Å²) in [5, 5.41) is 12.4. The van der Waals surface area contributed by atoms with Crippen LogP contribution in [0.1, 0.15) is 23.1 Å². The minimum absolute atomic E-state index is 0.0336. The van der Waals surface area contributed by atoms with Gasteiger partial charge in [0.1, 0.15) is 19.2 Å². The smallest absolute Gasteiger partial charge is 0.277 e. The Hall–Kier alpha value is -3.46. The molecule has 30 heavy (non-hydrogen) atoms. The Morgan fingerprint density at radius 3 is 2.33 bits per heavy atom. The molecule has 2 heterocycles. The monoisotopic (exact) mass is 420 g/mol. The summed E-state index contributed by atoms with van der Waals surface area (Å²) in [7, 11) is 1.82. The normalized spacial score (nSPS) is 11.0. The van der Waals surface area contributed by atoms with Crippen LogP contribution in [-0.2, 0) is 11.3 Å². The average molecular weight is 420 g/mol. The van der Waals surface area contributed by atoms with Crippen molar-refractivity contribution in [2.24, 2.45) is 0 Å². The van der Waals surface area contributed by atoms with Crippen LogP contribution >= 0.6 is 11.8 Å². The molecule has 0 aliphatic rings. The number of benzene rings is 2. The van der Waals surface area contributed by atoms with Crippen molar-refractivity contribution in [2.75, 3.05) is 12.8 Å². The molecule has 0 radical (unpaired) electrons. The lowest BCUT2D eigenvalue weighted by Crippen LogP contribution is -2.33. The second-order valence-electron chi connectivity index (χ2n) is 6.57. The van der Waals surface area contributed by atoms with Crippen molar-refractivity contribution in [1.82, 2.24) is 29.9 Å². The SMILES string of the molecule is CN(C(=O)CSc1nnc(Cn2cncn2)o1)C(c1ccccc1)c1ccccc1. The summed E-state index contributed by atoms with van der Waals surface area (Å²) in [4.78, 5) is 18.6. The van der Waals surface area contributed by atoms with E-state index in [1.807, 2.05) is 67.7 Å². The molecule has 0 aliphatic heterocycles. The molecular formula is C21H20N6O2S. The van der Waals surface area contributed by atoms with Gasteiger partial charge in [-0.15, -0.1) is 10.2 Å². The first-order valence-electron chi connectivity index (χ1n) is 9.34. The maximum Gasteiger partial charge on any atom is 0.277 e. The standard InChI is InChI=1S/C21H20N6O2S/c1-26(20(16-8-4-2-5-9-16)17-10-6-3-7-11-17)19(28)13-30-21-25-24-18(29-21)12-27-15-22-14-23-27/h2-11,14-15,20H,12-13H2,1H3. The zero-order chi connectivity index (χ0) is 20.8. The fraction of sp³-hybridized carbons (Fsp3) is 0.190. The molecule has 4 rings (SSSR count). The Kier molecular flexibility index (Phi) is 6.19. The van der Waals surface area contributed by atoms with Gasteiger partial charge in [0.05, 0.1) is 11.8 Å². The number of amides is 1. The highest BCUT2D eigenvalue weighted by molar-refractivity contribution is 7.99. The molecule has 0 saturated carbocycles. The van der Waals surface area contributed by atoms with Crippen LogP contribution in [0.3, 0.4) is 0 Å². The molecule has 0 aliphatic carbocycles. The van der Waals surface area contributed by atoms with Gasteiger partial charge in [-0.05, 0) is 11.1 Å². The minimum Gasteiger partial charge on any atom is -0.414 e. The highest BCUT2D eigenvalue weighted by atomic mass is 32.2. The number of carbonyl (C=O) groups is 1. The van der Waals surface area contributed by atoms with E-state index in [-0.39, 0.29) is 17.7 Å². The molecule has 0 N–H and O–H groups in total. The van der Waals surface area contributed by atoms with E-state index < -0.39 is 0 Å². The van der Waals surface area contributed by atoms with Gasteiger partial charge in [0.15, 0.2) is 0 Å². The number of nitrogens with zero attached hydrogens (tertiary/aromatic N) is 6. The Morgan fingerprint density at radius 1 is 1.07 bits per heavy atom. The molecule has 152 valence electrons. The summed E-state index contributed by atoms with van der Waals surface area (Å²) in [5.74, 6) is 0.571. The van der Waals surface area contributed by atoms with E-state index in [1.54, 1.807) is 15.9 Å². The predicted molar refractivity (Wildman–Crippen MR) is 112 cm³/mol. The molecule has 0 saturated heterocycles. The Balaban J connectivity index is 1.43. The van der Waals surface area contributed by atoms with E-state index in [9.17, 15) is 4.79 Å². The van der Waals surface area contributed by atoms with Crippen LogP contribution in [-0.4, -0.2) is 48.6 Å². The summed E-state index contributed by atoms with van der Waals surface area (Å²) in [6.07, 6.45) is 3.01. The molecule has 0 unspecified atom stereocenters. The van der Waals surface area contributed by atoms with Gasteiger partial charge in [-0.3, -0.25) is 4.79 Å². The zero-order valence-electron chi connectivity index (χ0n) is 16.3. The lowest BCUT2D eigenvalue weighted by atomic mass is 9.97. The van der Waals surface area contributed by atoms with E-state index in [2.05, 4.69) is 20.3 Å². The van der Waals surface area contributed by atoms with Gasteiger partial charge in [0.25, 0.3) is 5.22 Å². The molecular weight excluding hydrogens is 400 g/mol. The first kappa shape index (κ1) is 19.8. The molecule has 4 aromatic rings. The summed E-state index contributed by atoms with van der Waals surface area (Å²) in [6, 6.07) is 19.8. The van der Waals surface area contributed by atoms with Gasteiger partial charge in [0, 0.05) is 7.05 Å². The Morgan fingerprint density at radius 2 is 1.73 bits per heavy atom. The summed E-state index contributed by atoms with van der Waals surface area (Å²) >= 11 is 1.22. The lowest BCUT2D eigenvalue weighted by molar-refractivity contribution is -0.128. The molecule has 0 fully saturated rings. The van der Waals surface area contributed by atoms with E-state index in [0.29, 0.717) is 17.7 Å². The van der Waals surface area contributed by atoms with Crippen LogP contribution in [0, 0.1) is 0 Å². The maximum absolute atomic E-state index is 13.0. The van der Waals surface area contributed by atoms with Crippen molar-refractivity contribution >= 4 is 17.7 Å². The molecule has 2 aromatic heterocycles. The van der Waals surface area contributed by atoms with Crippen molar-refractivity contribution in [3.63, 3.8) is 0 Å². The third kappa shape index (κ3) is 4.74. The molecule has 8 nitrogen and oxygen atoms in total. The summed E-state index contributed by atoms with van der Waals surface area (Å²) in [6.45, 7) is 0.339. The van der Waals surface area contributed by atoms with Gasteiger partial charge in [-0.2, -0.15) is 5.10 Å². The number of carbonyl (C=O) groups excluding carboxylic acids is 1. The van der Waals surface area contributed by atoms with E-state index >= 15 is 0 Å². The van der Waals surface area contributed by atoms with Crippen LogP contribution in [0.25, 0.3) is 0 Å². The van der Waals surface area contributed by atoms with Crippen molar-refractivity contribution in [1.29, 1.82) is 0 Å². The zero-order valence-corrected chi connectivity index (χ0v) is 17.1. The predicted octanol–water partition coefficient (Wildman–Crippen LogP) is 3.05. The molecule has 1 amide bonds. The fourth-order valence-electron chi connectivity index (χ4n) is 3.09. The van der Waals surface area contributed by atoms with Crippen LogP contribution < -0.4 is 0 Å². The van der Waals surface area contributed by atoms with Crippen molar-refractivity contribution in [3.8, 4) is 0 Å². The quantitative estimate of drug-likeness (QED) is 0.405. The number of rotatable bonds is 8. The van der Waals surface area contributed by atoms with Gasteiger partial charge < -0.3 is 9.32 Å². The highest BCUT2D eigenvalue weighted by Gasteiger charge is 2.24. The van der Waals surface area contributed by atoms with E-state index in [4.69, 9.17) is 4.42 Å². The van der Waals surface area contributed by atoms with Crippen LogP contribution in [0.4, 0.5) is 0 Å². The molecule has 0 bridgehead atoms. The third-order valence-corrected chi connectivity index (χ3v) is 5.35. The van der Waals surface area contributed by atoms with Gasteiger partial charge >= 0.3 is 0 Å². The largest absolute Gasteiger partial charge is 0.414 e. The lowest BCUT2D eigenvalue weighted by Gasteiger charge is -2.29. The van der Waals surface area contributed by atoms with Crippen LogP contribution in [0.5, 0.6) is 0 Å². The molecule has 2 aromatic carbocycles. The van der Waals surface area contributed by atoms with Gasteiger partial charge in [-0.25, -0.2) is 9.67 Å². The van der Waals surface area contributed by atoms with Crippen molar-refractivity contribution in [2.45, 2.75) is 17.8 Å². The second-order valence-corrected chi connectivity index (χ2v) is 7.50. The number of aromatic nitrogens is 5. The summed E-state index contributed by atoms with van der Waals surface area (Å²) in [5.41, 5.74) is 2.11. The fourth-order valence-corrected chi connectivity index (χ4v) is 3.80. The topological polar surface area (TPSA) is 89.9 Å². The number of thioether (sulfide) groups is 1. The third-order valence-electron chi connectivity index (χ3n) is 4.54. The highest BCUT2D eigenvalue weighted by Crippen LogP contribution is 2.28. The van der Waals surface area contributed by atoms with E-state index in [1.165, 1.54) is 18.1 Å². The Labute approximate surface area is 178 Å². The van der Waals surface area contributed by atoms with Gasteiger partial charge in [0.2, 0.25) is 11.8 Å². The first-order valence-corrected chi connectivity index (χ1v) is 10.3. The van der Waals surface area contributed by atoms with Crippen molar-refractivity contribution in [3.05, 3.63) is 90.3 Å². The van der Waals surface area contributed by atoms with Gasteiger partial charge in [-0.1, -0.05) is 72.4 Å². The van der Waals surface area contributed by atoms with Crippen molar-refractivity contribution < 1.29 is 9.21 Å². The molecule has 0 atom stereocenters. The van der Waals surface area contributed by atoms with E-state index in [0.717, 1.165) is 11.1 Å². The number of hydrogen-bond donors (Lipinski definition) is 0. The first-order chi connectivity index (χ1) is 14.7. The molecule has 9 heteroatoms. The van der Waals surface area contributed by atoms with Crippen LogP contribution in [0.15, 0.2) is 83.0 Å². The number of hydrogen-bond acceptors (Lipinski definition) is 7. The second kappa shape index (κ2) is 9.36.